The largest absolute Gasteiger partial charge is 0.315 e. The van der Waals surface area contributed by atoms with Crippen LogP contribution in [0.1, 0.15) is 97.8 Å². The molecule has 128 valence electrons. The van der Waals surface area contributed by atoms with Gasteiger partial charge in [-0.3, -0.25) is 0 Å². The topological polar surface area (TPSA) is 12.0 Å². The van der Waals surface area contributed by atoms with Crippen LogP contribution in [0, 0.1) is 0 Å². The van der Waals surface area contributed by atoms with E-state index in [0.717, 1.165) is 0 Å². The van der Waals surface area contributed by atoms with Crippen LogP contribution in [0.15, 0.2) is 0 Å². The van der Waals surface area contributed by atoms with Crippen LogP contribution in [0.5, 0.6) is 0 Å². The van der Waals surface area contributed by atoms with Gasteiger partial charge in [-0.2, -0.15) is 11.8 Å². The van der Waals surface area contributed by atoms with Crippen molar-refractivity contribution in [3.8, 4) is 0 Å². The molecule has 0 aromatic carbocycles. The molecule has 0 fully saturated rings. The smallest absolute Gasteiger partial charge is 0.0276 e. The third-order valence-corrected chi connectivity index (χ3v) is 6.46. The zero-order valence-electron chi connectivity index (χ0n) is 15.3. The molecular formula is C19H41NS. The quantitative estimate of drug-likeness (QED) is 0.330. The van der Waals surface area contributed by atoms with Gasteiger partial charge in [-0.15, -0.1) is 0 Å². The molecule has 1 nitrogen and oxygen atoms in total. The molecule has 2 heteroatoms. The van der Waals surface area contributed by atoms with Crippen LogP contribution >= 0.6 is 11.8 Å². The Bertz CT molecular complexity index is 193. The molecule has 0 amide bonds. The van der Waals surface area contributed by atoms with Gasteiger partial charge in [-0.1, -0.05) is 78.6 Å². The first-order chi connectivity index (χ1) is 10.2. The van der Waals surface area contributed by atoms with Crippen molar-refractivity contribution in [2.45, 2.75) is 103 Å². The Kier molecular flexibility index (Phi) is 15.4. The summed E-state index contributed by atoms with van der Waals surface area (Å²) in [6.07, 6.45) is 19.1. The summed E-state index contributed by atoms with van der Waals surface area (Å²) in [4.78, 5) is 0. The van der Waals surface area contributed by atoms with Gasteiger partial charge >= 0.3 is 0 Å². The van der Waals surface area contributed by atoms with Crippen LogP contribution in [0.3, 0.4) is 0 Å². The van der Waals surface area contributed by atoms with E-state index in [-0.39, 0.29) is 0 Å². The zero-order valence-corrected chi connectivity index (χ0v) is 16.1. The lowest BCUT2D eigenvalue weighted by Gasteiger charge is -2.30. The third-order valence-electron chi connectivity index (χ3n) is 4.88. The van der Waals surface area contributed by atoms with E-state index in [1.165, 1.54) is 90.1 Å². The summed E-state index contributed by atoms with van der Waals surface area (Å²) in [6.45, 7) is 9.32. The minimum atomic E-state index is 0.471. The van der Waals surface area contributed by atoms with Crippen LogP contribution in [0.25, 0.3) is 0 Å². The highest BCUT2D eigenvalue weighted by molar-refractivity contribution is 8.00. The van der Waals surface area contributed by atoms with E-state index in [0.29, 0.717) is 4.75 Å². The number of hydrogen-bond donors (Lipinski definition) is 1. The van der Waals surface area contributed by atoms with E-state index < -0.39 is 0 Å². The Morgan fingerprint density at radius 3 is 1.62 bits per heavy atom. The molecule has 0 atom stereocenters. The molecular weight excluding hydrogens is 274 g/mol. The average molecular weight is 316 g/mol. The van der Waals surface area contributed by atoms with Gasteiger partial charge in [0.15, 0.2) is 0 Å². The first kappa shape index (κ1) is 21.3. The normalized spacial score (nSPS) is 12.0. The van der Waals surface area contributed by atoms with Crippen molar-refractivity contribution in [3.05, 3.63) is 0 Å². The fourth-order valence-electron chi connectivity index (χ4n) is 2.91. The lowest BCUT2D eigenvalue weighted by atomic mass is 10.0. The highest BCUT2D eigenvalue weighted by Gasteiger charge is 2.23. The van der Waals surface area contributed by atoms with Gasteiger partial charge in [0.1, 0.15) is 0 Å². The summed E-state index contributed by atoms with van der Waals surface area (Å²) in [5.41, 5.74) is 0. The lowest BCUT2D eigenvalue weighted by molar-refractivity contribution is 0.481. The molecule has 0 aliphatic carbocycles. The molecule has 0 aliphatic rings. The van der Waals surface area contributed by atoms with E-state index >= 15 is 0 Å². The van der Waals surface area contributed by atoms with Gasteiger partial charge in [-0.05, 0) is 32.1 Å². The predicted octanol–water partition coefficient (Wildman–Crippen LogP) is 6.42. The first-order valence-electron chi connectivity index (χ1n) is 9.50. The molecule has 0 aromatic rings. The van der Waals surface area contributed by atoms with Crippen LogP contribution in [-0.2, 0) is 0 Å². The standard InChI is InChI=1S/C19H41NS/c1-5-8-9-10-11-12-13-14-15-16-17-20-18-19(6-2,7-3)21-4/h20H,5-18H2,1-4H3. The molecule has 0 bridgehead atoms. The molecule has 0 spiro atoms. The number of nitrogens with one attached hydrogen (secondary N) is 1. The maximum Gasteiger partial charge on any atom is 0.0276 e. The third kappa shape index (κ3) is 11.5. The van der Waals surface area contributed by atoms with Gasteiger partial charge < -0.3 is 5.32 Å². The summed E-state index contributed by atoms with van der Waals surface area (Å²) < 4.78 is 0.471. The molecule has 0 saturated heterocycles. The van der Waals surface area contributed by atoms with Gasteiger partial charge in [-0.25, -0.2) is 0 Å². The maximum atomic E-state index is 3.68. The molecule has 21 heavy (non-hydrogen) atoms. The lowest BCUT2D eigenvalue weighted by Crippen LogP contribution is -2.37. The molecule has 0 unspecified atom stereocenters. The fourth-order valence-corrected chi connectivity index (χ4v) is 3.74. The van der Waals surface area contributed by atoms with Gasteiger partial charge in [0.05, 0.1) is 0 Å². The molecule has 0 saturated carbocycles. The summed E-state index contributed by atoms with van der Waals surface area (Å²) in [5.74, 6) is 0. The zero-order chi connectivity index (χ0) is 15.8. The van der Waals surface area contributed by atoms with Crippen molar-refractivity contribution in [1.29, 1.82) is 0 Å². The number of unbranched alkanes of at least 4 members (excludes halogenated alkanes) is 9. The predicted molar refractivity (Wildman–Crippen MR) is 102 cm³/mol. The Labute approximate surface area is 139 Å². The molecule has 0 heterocycles. The van der Waals surface area contributed by atoms with E-state index in [2.05, 4.69) is 32.3 Å². The van der Waals surface area contributed by atoms with Crippen molar-refractivity contribution in [1.82, 2.24) is 5.32 Å². The monoisotopic (exact) mass is 315 g/mol. The minimum Gasteiger partial charge on any atom is -0.315 e. The Hall–Kier alpha value is 0.310. The van der Waals surface area contributed by atoms with Crippen molar-refractivity contribution in [2.24, 2.45) is 0 Å². The molecule has 0 aliphatic heterocycles. The highest BCUT2D eigenvalue weighted by atomic mass is 32.2. The van der Waals surface area contributed by atoms with Crippen molar-refractivity contribution in [3.63, 3.8) is 0 Å². The van der Waals surface area contributed by atoms with Gasteiger partial charge in [0, 0.05) is 11.3 Å². The SMILES string of the molecule is CCCCCCCCCCCCNCC(CC)(CC)SC. The van der Waals surface area contributed by atoms with E-state index in [1.807, 2.05) is 11.8 Å². The number of hydrogen-bond acceptors (Lipinski definition) is 2. The van der Waals surface area contributed by atoms with Crippen LogP contribution in [-0.4, -0.2) is 24.1 Å². The summed E-state index contributed by atoms with van der Waals surface area (Å²) in [5, 5.41) is 3.68. The van der Waals surface area contributed by atoms with Crippen LogP contribution in [0.2, 0.25) is 0 Å². The number of thioether (sulfide) groups is 1. The van der Waals surface area contributed by atoms with Crippen LogP contribution in [0.4, 0.5) is 0 Å². The van der Waals surface area contributed by atoms with E-state index in [9.17, 15) is 0 Å². The Morgan fingerprint density at radius 1 is 0.714 bits per heavy atom. The van der Waals surface area contributed by atoms with E-state index in [4.69, 9.17) is 0 Å². The summed E-state index contributed by atoms with van der Waals surface area (Å²) in [6, 6.07) is 0. The van der Waals surface area contributed by atoms with Crippen LogP contribution < -0.4 is 5.32 Å². The highest BCUT2D eigenvalue weighted by Crippen LogP contribution is 2.29. The second kappa shape index (κ2) is 15.2. The molecule has 1 N–H and O–H groups in total. The van der Waals surface area contributed by atoms with Crippen molar-refractivity contribution in [2.75, 3.05) is 19.3 Å². The number of rotatable bonds is 16. The maximum absolute atomic E-state index is 3.68. The van der Waals surface area contributed by atoms with E-state index in [1.54, 1.807) is 0 Å². The molecule has 0 radical (unpaired) electrons. The van der Waals surface area contributed by atoms with Crippen molar-refractivity contribution < 1.29 is 0 Å². The second-order valence-electron chi connectivity index (χ2n) is 6.45. The summed E-state index contributed by atoms with van der Waals surface area (Å²) in [7, 11) is 0. The molecule has 0 aromatic heterocycles. The minimum absolute atomic E-state index is 0.471. The Morgan fingerprint density at radius 2 is 1.19 bits per heavy atom. The average Bonchev–Trinajstić information content (AvgIpc) is 2.53. The second-order valence-corrected chi connectivity index (χ2v) is 7.73. The van der Waals surface area contributed by atoms with Gasteiger partial charge in [0.2, 0.25) is 0 Å². The fraction of sp³-hybridized carbons (Fsp3) is 1.00. The van der Waals surface area contributed by atoms with Gasteiger partial charge in [0.25, 0.3) is 0 Å². The first-order valence-corrected chi connectivity index (χ1v) is 10.7. The molecule has 0 rings (SSSR count). The Balaban J connectivity index is 3.29. The van der Waals surface area contributed by atoms with Crippen molar-refractivity contribution >= 4 is 11.8 Å². The summed E-state index contributed by atoms with van der Waals surface area (Å²) >= 11 is 2.04.